The summed E-state index contributed by atoms with van der Waals surface area (Å²) in [4.78, 5) is 30.8. The van der Waals surface area contributed by atoms with E-state index in [0.29, 0.717) is 32.5 Å². The van der Waals surface area contributed by atoms with Crippen LogP contribution in [0.1, 0.15) is 21.5 Å². The second-order valence-corrected chi connectivity index (χ2v) is 9.46. The smallest absolute Gasteiger partial charge is 0.337 e. The molecule has 10 heteroatoms. The van der Waals surface area contributed by atoms with Crippen molar-refractivity contribution in [3.63, 3.8) is 0 Å². The zero-order valence-electron chi connectivity index (χ0n) is 19.1. The maximum atomic E-state index is 13.4. The molecule has 1 aliphatic rings. The van der Waals surface area contributed by atoms with E-state index in [2.05, 4.69) is 4.99 Å². The van der Waals surface area contributed by atoms with Gasteiger partial charge in [-0.2, -0.15) is 0 Å². The van der Waals surface area contributed by atoms with E-state index in [1.54, 1.807) is 61.7 Å². The third kappa shape index (κ3) is 5.90. The summed E-state index contributed by atoms with van der Waals surface area (Å²) < 4.78 is 23.8. The van der Waals surface area contributed by atoms with Gasteiger partial charge in [-0.3, -0.25) is 9.69 Å². The van der Waals surface area contributed by atoms with Crippen LogP contribution in [0, 0.1) is 5.82 Å². The summed E-state index contributed by atoms with van der Waals surface area (Å²) in [5, 5.41) is 0.993. The molecule has 0 aliphatic carbocycles. The van der Waals surface area contributed by atoms with Crippen molar-refractivity contribution in [3.05, 3.63) is 98.1 Å². The number of amides is 1. The number of rotatable bonds is 6. The molecule has 184 valence electrons. The number of aliphatic imine (C=N–C) groups is 1. The monoisotopic (exact) mass is 544 g/mol. The van der Waals surface area contributed by atoms with Gasteiger partial charge in [0, 0.05) is 7.05 Å². The lowest BCUT2D eigenvalue weighted by Crippen LogP contribution is -2.23. The normalized spacial score (nSPS) is 15.6. The minimum atomic E-state index is -0.440. The number of esters is 1. The lowest BCUT2D eigenvalue weighted by molar-refractivity contribution is -0.121. The minimum absolute atomic E-state index is 0.0944. The zero-order chi connectivity index (χ0) is 25.8. The molecule has 1 saturated heterocycles. The lowest BCUT2D eigenvalue weighted by Gasteiger charge is -2.11. The number of thioether (sulfide) groups is 1. The van der Waals surface area contributed by atoms with Crippen molar-refractivity contribution in [2.24, 2.45) is 4.99 Å². The SMILES string of the molecule is COC(=O)c1ccc(N=C2SC(=Cc3cc(Cl)c(OCc4cccc(F)c4)c(Cl)c3)C(=O)N2C)cc1. The first-order valence-electron chi connectivity index (χ1n) is 10.6. The van der Waals surface area contributed by atoms with Gasteiger partial charge >= 0.3 is 5.97 Å². The molecule has 6 nitrogen and oxygen atoms in total. The van der Waals surface area contributed by atoms with Crippen molar-refractivity contribution in [2.75, 3.05) is 14.2 Å². The molecule has 3 aromatic carbocycles. The van der Waals surface area contributed by atoms with Crippen molar-refractivity contribution in [1.82, 2.24) is 4.90 Å². The summed E-state index contributed by atoms with van der Waals surface area (Å²) in [5.41, 5.74) is 2.23. The number of halogens is 3. The van der Waals surface area contributed by atoms with Crippen LogP contribution < -0.4 is 4.74 Å². The molecular weight excluding hydrogens is 526 g/mol. The van der Waals surface area contributed by atoms with Gasteiger partial charge in [0.25, 0.3) is 5.91 Å². The molecule has 0 aromatic heterocycles. The van der Waals surface area contributed by atoms with E-state index in [0.717, 1.165) is 0 Å². The maximum absolute atomic E-state index is 13.4. The molecule has 0 saturated carbocycles. The number of carbonyl (C=O) groups excluding carboxylic acids is 2. The highest BCUT2D eigenvalue weighted by Crippen LogP contribution is 2.38. The van der Waals surface area contributed by atoms with Crippen LogP contribution in [-0.2, 0) is 16.1 Å². The number of methoxy groups -OCH3 is 1. The molecule has 36 heavy (non-hydrogen) atoms. The van der Waals surface area contributed by atoms with Gasteiger partial charge in [0.05, 0.1) is 33.3 Å². The molecule has 0 spiro atoms. The number of hydrogen-bond donors (Lipinski definition) is 0. The average Bonchev–Trinajstić information content (AvgIpc) is 3.11. The second-order valence-electron chi connectivity index (χ2n) is 7.64. The Morgan fingerprint density at radius 1 is 1.11 bits per heavy atom. The topological polar surface area (TPSA) is 68.2 Å². The molecule has 0 bridgehead atoms. The van der Waals surface area contributed by atoms with Gasteiger partial charge in [-0.05, 0) is 77.5 Å². The highest BCUT2D eigenvalue weighted by molar-refractivity contribution is 8.18. The van der Waals surface area contributed by atoms with E-state index in [1.165, 1.54) is 35.9 Å². The number of ether oxygens (including phenoxy) is 2. The fourth-order valence-corrected chi connectivity index (χ4v) is 4.89. The Balaban J connectivity index is 1.51. The van der Waals surface area contributed by atoms with Crippen molar-refractivity contribution in [3.8, 4) is 5.75 Å². The first-order valence-corrected chi connectivity index (χ1v) is 12.1. The molecule has 1 heterocycles. The predicted octanol–water partition coefficient (Wildman–Crippen LogP) is 6.73. The third-order valence-electron chi connectivity index (χ3n) is 5.11. The van der Waals surface area contributed by atoms with E-state index in [-0.39, 0.29) is 34.1 Å². The maximum Gasteiger partial charge on any atom is 0.337 e. The molecule has 1 fully saturated rings. The Morgan fingerprint density at radius 2 is 1.81 bits per heavy atom. The van der Waals surface area contributed by atoms with Crippen LogP contribution >= 0.6 is 35.0 Å². The number of hydrogen-bond acceptors (Lipinski definition) is 6. The van der Waals surface area contributed by atoms with E-state index in [1.807, 2.05) is 0 Å². The Hall–Kier alpha value is -3.33. The van der Waals surface area contributed by atoms with E-state index >= 15 is 0 Å². The number of nitrogens with zero attached hydrogens (tertiary/aromatic N) is 2. The Bertz CT molecular complexity index is 1370. The van der Waals surface area contributed by atoms with Crippen LogP contribution in [0.25, 0.3) is 6.08 Å². The number of carbonyl (C=O) groups is 2. The Labute approximate surface area is 221 Å². The molecular formula is C26H19Cl2FN2O4S. The zero-order valence-corrected chi connectivity index (χ0v) is 21.5. The predicted molar refractivity (Wildman–Crippen MR) is 140 cm³/mol. The molecule has 3 aromatic rings. The van der Waals surface area contributed by atoms with Crippen molar-refractivity contribution in [1.29, 1.82) is 0 Å². The highest BCUT2D eigenvalue weighted by atomic mass is 35.5. The number of amidine groups is 1. The fraction of sp³-hybridized carbons (Fsp3) is 0.115. The van der Waals surface area contributed by atoms with E-state index in [9.17, 15) is 14.0 Å². The largest absolute Gasteiger partial charge is 0.486 e. The molecule has 4 rings (SSSR count). The van der Waals surface area contributed by atoms with Gasteiger partial charge in [0.1, 0.15) is 12.4 Å². The summed E-state index contributed by atoms with van der Waals surface area (Å²) in [6.07, 6.45) is 1.67. The summed E-state index contributed by atoms with van der Waals surface area (Å²) in [6.45, 7) is 0.0944. The van der Waals surface area contributed by atoms with Crippen LogP contribution in [0.2, 0.25) is 10.0 Å². The van der Waals surface area contributed by atoms with E-state index < -0.39 is 5.97 Å². The average molecular weight is 545 g/mol. The molecule has 0 unspecified atom stereocenters. The van der Waals surface area contributed by atoms with Crippen LogP contribution in [0.15, 0.2) is 70.6 Å². The minimum Gasteiger partial charge on any atom is -0.486 e. The van der Waals surface area contributed by atoms with Crippen LogP contribution in [0.4, 0.5) is 10.1 Å². The molecule has 0 radical (unpaired) electrons. The molecule has 1 aliphatic heterocycles. The summed E-state index contributed by atoms with van der Waals surface area (Å²) in [6, 6.07) is 15.9. The lowest BCUT2D eigenvalue weighted by atomic mass is 10.2. The summed E-state index contributed by atoms with van der Waals surface area (Å²) >= 11 is 14.0. The van der Waals surface area contributed by atoms with Crippen LogP contribution in [0.5, 0.6) is 5.75 Å². The van der Waals surface area contributed by atoms with Gasteiger partial charge in [-0.25, -0.2) is 14.2 Å². The Morgan fingerprint density at radius 3 is 2.44 bits per heavy atom. The molecule has 0 N–H and O–H groups in total. The third-order valence-corrected chi connectivity index (χ3v) is 6.73. The van der Waals surface area contributed by atoms with Gasteiger partial charge < -0.3 is 9.47 Å². The fourth-order valence-electron chi connectivity index (χ4n) is 3.29. The Kier molecular flexibility index (Phi) is 7.98. The van der Waals surface area contributed by atoms with Crippen molar-refractivity contribution >= 4 is 63.8 Å². The highest BCUT2D eigenvalue weighted by Gasteiger charge is 2.30. The summed E-state index contributed by atoms with van der Waals surface area (Å²) in [7, 11) is 2.94. The van der Waals surface area contributed by atoms with Gasteiger partial charge in [-0.15, -0.1) is 0 Å². The first-order chi connectivity index (χ1) is 17.2. The number of benzene rings is 3. The number of likely N-dealkylation sites (N-methyl/N-ethyl adjacent to an activating group) is 1. The van der Waals surface area contributed by atoms with Gasteiger partial charge in [-0.1, -0.05) is 35.3 Å². The van der Waals surface area contributed by atoms with E-state index in [4.69, 9.17) is 32.7 Å². The van der Waals surface area contributed by atoms with Crippen molar-refractivity contribution in [2.45, 2.75) is 6.61 Å². The standard InChI is InChI=1S/C26H19Cl2FN2O4S/c1-31-24(32)22(36-26(31)30-19-8-6-17(7-9-19)25(33)34-2)13-16-11-20(27)23(21(28)12-16)35-14-15-4-3-5-18(29)10-15/h3-13H,14H2,1-2H3. The quantitative estimate of drug-likeness (QED) is 0.254. The van der Waals surface area contributed by atoms with Gasteiger partial charge in [0.2, 0.25) is 0 Å². The van der Waals surface area contributed by atoms with Gasteiger partial charge in [0.15, 0.2) is 10.9 Å². The molecule has 1 amide bonds. The van der Waals surface area contributed by atoms with Crippen molar-refractivity contribution < 1.29 is 23.5 Å². The summed E-state index contributed by atoms with van der Waals surface area (Å²) in [5.74, 6) is -0.765. The second kappa shape index (κ2) is 11.2. The molecule has 0 atom stereocenters. The first kappa shape index (κ1) is 25.8. The van der Waals surface area contributed by atoms with Crippen LogP contribution in [-0.4, -0.2) is 36.1 Å². The van der Waals surface area contributed by atoms with Crippen LogP contribution in [0.3, 0.4) is 0 Å².